The van der Waals surface area contributed by atoms with Crippen molar-refractivity contribution in [2.24, 2.45) is 5.73 Å². The predicted molar refractivity (Wildman–Crippen MR) is 68.6 cm³/mol. The molecule has 0 radical (unpaired) electrons. The van der Waals surface area contributed by atoms with E-state index in [1.165, 1.54) is 5.56 Å². The van der Waals surface area contributed by atoms with Crippen LogP contribution < -0.4 is 5.73 Å². The monoisotopic (exact) mass is 238 g/mol. The van der Waals surface area contributed by atoms with Gasteiger partial charge in [-0.15, -0.1) is 0 Å². The molecule has 96 valence electrons. The van der Waals surface area contributed by atoms with Gasteiger partial charge in [-0.2, -0.15) is 0 Å². The second-order valence-corrected chi connectivity index (χ2v) is 4.01. The first kappa shape index (κ1) is 14.1. The van der Waals surface area contributed by atoms with E-state index < -0.39 is 0 Å². The number of benzene rings is 1. The molecule has 0 saturated carbocycles. The maximum atomic E-state index is 9.00. The molecule has 1 aromatic carbocycles. The van der Waals surface area contributed by atoms with Gasteiger partial charge in [0.2, 0.25) is 0 Å². The molecule has 4 nitrogen and oxygen atoms in total. The van der Waals surface area contributed by atoms with E-state index in [0.717, 1.165) is 18.7 Å². The van der Waals surface area contributed by atoms with E-state index in [1.54, 1.807) is 7.11 Å². The Morgan fingerprint density at radius 1 is 1.18 bits per heavy atom. The molecule has 1 aromatic rings. The summed E-state index contributed by atoms with van der Waals surface area (Å²) in [5.41, 5.74) is 7.92. The summed E-state index contributed by atoms with van der Waals surface area (Å²) in [6.07, 6.45) is 0. The van der Waals surface area contributed by atoms with Gasteiger partial charge in [-0.05, 0) is 11.1 Å². The van der Waals surface area contributed by atoms with Gasteiger partial charge in [-0.25, -0.2) is 0 Å². The number of aliphatic hydroxyl groups is 1. The number of hydrogen-bond acceptors (Lipinski definition) is 4. The van der Waals surface area contributed by atoms with Crippen LogP contribution in [-0.2, 0) is 17.8 Å². The second-order valence-electron chi connectivity index (χ2n) is 4.01. The lowest BCUT2D eigenvalue weighted by Gasteiger charge is -2.21. The lowest BCUT2D eigenvalue weighted by molar-refractivity contribution is 0.127. The maximum absolute atomic E-state index is 9.00. The Morgan fingerprint density at radius 3 is 2.35 bits per heavy atom. The highest BCUT2D eigenvalue weighted by Crippen LogP contribution is 2.07. The number of nitrogens with two attached hydrogens (primary N) is 1. The average molecular weight is 238 g/mol. The zero-order valence-corrected chi connectivity index (χ0v) is 10.4. The third-order valence-corrected chi connectivity index (χ3v) is 2.69. The van der Waals surface area contributed by atoms with Crippen molar-refractivity contribution in [3.05, 3.63) is 35.4 Å². The summed E-state index contributed by atoms with van der Waals surface area (Å²) >= 11 is 0. The van der Waals surface area contributed by atoms with Crippen molar-refractivity contribution in [3.8, 4) is 0 Å². The first-order valence-corrected chi connectivity index (χ1v) is 5.90. The largest absolute Gasteiger partial charge is 0.395 e. The quantitative estimate of drug-likeness (QED) is 0.696. The Kier molecular flexibility index (Phi) is 6.81. The molecule has 0 fully saturated rings. The van der Waals surface area contributed by atoms with Crippen LogP contribution in [0, 0.1) is 0 Å². The van der Waals surface area contributed by atoms with Crippen molar-refractivity contribution in [2.45, 2.75) is 13.1 Å². The molecule has 0 heterocycles. The predicted octanol–water partition coefficient (Wildman–Crippen LogP) is 0.586. The third kappa shape index (κ3) is 5.28. The standard InChI is InChI=1S/C13H22N2O2/c1-17-9-7-15(6-8-16)11-13-4-2-12(10-14)3-5-13/h2-5,16H,6-11,14H2,1H3. The van der Waals surface area contributed by atoms with Gasteiger partial charge in [0.05, 0.1) is 13.2 Å². The molecule has 0 aliphatic rings. The minimum absolute atomic E-state index is 0.171. The third-order valence-electron chi connectivity index (χ3n) is 2.69. The summed E-state index contributed by atoms with van der Waals surface area (Å²) < 4.78 is 5.05. The molecule has 3 N–H and O–H groups in total. The first-order valence-electron chi connectivity index (χ1n) is 5.90. The number of methoxy groups -OCH3 is 1. The van der Waals surface area contributed by atoms with E-state index in [9.17, 15) is 0 Å². The van der Waals surface area contributed by atoms with Crippen LogP contribution in [0.2, 0.25) is 0 Å². The summed E-state index contributed by atoms with van der Waals surface area (Å²) in [6.45, 7) is 3.75. The number of nitrogens with zero attached hydrogens (tertiary/aromatic N) is 1. The molecule has 0 bridgehead atoms. The SMILES string of the molecule is COCCN(CCO)Cc1ccc(CN)cc1. The molecule has 0 aliphatic heterocycles. The van der Waals surface area contributed by atoms with E-state index in [2.05, 4.69) is 17.0 Å². The number of rotatable bonds is 8. The van der Waals surface area contributed by atoms with Crippen LogP contribution in [0.3, 0.4) is 0 Å². The zero-order valence-electron chi connectivity index (χ0n) is 10.4. The summed E-state index contributed by atoms with van der Waals surface area (Å²) in [7, 11) is 1.69. The van der Waals surface area contributed by atoms with Gasteiger partial charge in [-0.1, -0.05) is 24.3 Å². The van der Waals surface area contributed by atoms with E-state index >= 15 is 0 Å². The fraction of sp³-hybridized carbons (Fsp3) is 0.538. The first-order chi connectivity index (χ1) is 8.30. The molecule has 0 aromatic heterocycles. The minimum atomic E-state index is 0.171. The highest BCUT2D eigenvalue weighted by Gasteiger charge is 2.05. The van der Waals surface area contributed by atoms with Crippen molar-refractivity contribution < 1.29 is 9.84 Å². The van der Waals surface area contributed by atoms with Crippen LogP contribution in [0.5, 0.6) is 0 Å². The Balaban J connectivity index is 2.51. The molecule has 0 aliphatic carbocycles. The Hall–Kier alpha value is -0.940. The Morgan fingerprint density at radius 2 is 1.82 bits per heavy atom. The van der Waals surface area contributed by atoms with Crippen LogP contribution in [-0.4, -0.2) is 43.4 Å². The molecule has 1 rings (SSSR count). The van der Waals surface area contributed by atoms with Gasteiger partial charge in [0.1, 0.15) is 0 Å². The number of hydrogen-bond donors (Lipinski definition) is 2. The van der Waals surface area contributed by atoms with Gasteiger partial charge in [-0.3, -0.25) is 4.90 Å². The fourth-order valence-corrected chi connectivity index (χ4v) is 1.67. The molecule has 0 saturated heterocycles. The van der Waals surface area contributed by atoms with Crippen molar-refractivity contribution >= 4 is 0 Å². The number of aliphatic hydroxyl groups excluding tert-OH is 1. The van der Waals surface area contributed by atoms with Crippen molar-refractivity contribution in [1.82, 2.24) is 4.90 Å². The van der Waals surface area contributed by atoms with Crippen LogP contribution in [0.4, 0.5) is 0 Å². The topological polar surface area (TPSA) is 58.7 Å². The normalized spacial score (nSPS) is 11.1. The molecule has 0 spiro atoms. The van der Waals surface area contributed by atoms with Crippen molar-refractivity contribution in [2.75, 3.05) is 33.4 Å². The van der Waals surface area contributed by atoms with Crippen molar-refractivity contribution in [1.29, 1.82) is 0 Å². The Bertz CT molecular complexity index is 301. The van der Waals surface area contributed by atoms with Crippen molar-refractivity contribution in [3.63, 3.8) is 0 Å². The molecular formula is C13H22N2O2. The maximum Gasteiger partial charge on any atom is 0.0589 e. The molecule has 4 heteroatoms. The average Bonchev–Trinajstić information content (AvgIpc) is 2.37. The molecule has 0 amide bonds. The summed E-state index contributed by atoms with van der Waals surface area (Å²) in [5, 5.41) is 9.00. The highest BCUT2D eigenvalue weighted by atomic mass is 16.5. The van der Waals surface area contributed by atoms with E-state index in [0.29, 0.717) is 19.7 Å². The summed E-state index contributed by atoms with van der Waals surface area (Å²) in [4.78, 5) is 2.17. The van der Waals surface area contributed by atoms with E-state index in [-0.39, 0.29) is 6.61 Å². The van der Waals surface area contributed by atoms with Crippen LogP contribution >= 0.6 is 0 Å². The van der Waals surface area contributed by atoms with E-state index in [4.69, 9.17) is 15.6 Å². The fourth-order valence-electron chi connectivity index (χ4n) is 1.67. The van der Waals surface area contributed by atoms with Gasteiger partial charge in [0.25, 0.3) is 0 Å². The zero-order chi connectivity index (χ0) is 12.5. The van der Waals surface area contributed by atoms with Gasteiger partial charge in [0.15, 0.2) is 0 Å². The molecule has 0 unspecified atom stereocenters. The van der Waals surface area contributed by atoms with Gasteiger partial charge < -0.3 is 15.6 Å². The Labute approximate surface area is 103 Å². The summed E-state index contributed by atoms with van der Waals surface area (Å²) in [6, 6.07) is 8.25. The van der Waals surface area contributed by atoms with Crippen LogP contribution in [0.1, 0.15) is 11.1 Å². The smallest absolute Gasteiger partial charge is 0.0589 e. The highest BCUT2D eigenvalue weighted by molar-refractivity contribution is 5.22. The minimum Gasteiger partial charge on any atom is -0.395 e. The van der Waals surface area contributed by atoms with Crippen LogP contribution in [0.15, 0.2) is 24.3 Å². The van der Waals surface area contributed by atoms with Gasteiger partial charge >= 0.3 is 0 Å². The second kappa shape index (κ2) is 8.20. The molecular weight excluding hydrogens is 216 g/mol. The summed E-state index contributed by atoms with van der Waals surface area (Å²) in [5.74, 6) is 0. The number of ether oxygens (including phenoxy) is 1. The lowest BCUT2D eigenvalue weighted by atomic mass is 10.1. The van der Waals surface area contributed by atoms with Gasteiger partial charge in [0, 0.05) is 33.3 Å². The molecule has 17 heavy (non-hydrogen) atoms. The van der Waals surface area contributed by atoms with Crippen LogP contribution in [0.25, 0.3) is 0 Å². The lowest BCUT2D eigenvalue weighted by Crippen LogP contribution is -2.29. The van der Waals surface area contributed by atoms with E-state index in [1.807, 2.05) is 12.1 Å². The molecule has 0 atom stereocenters.